The van der Waals surface area contributed by atoms with Gasteiger partial charge in [-0.25, -0.2) is 4.98 Å². The summed E-state index contributed by atoms with van der Waals surface area (Å²) in [7, 11) is 3.21. The Hall–Kier alpha value is -3.80. The van der Waals surface area contributed by atoms with Crippen LogP contribution in [0.15, 0.2) is 42.6 Å². The number of benzene rings is 2. The highest BCUT2D eigenvalue weighted by molar-refractivity contribution is 6.33. The minimum Gasteiger partial charge on any atom is -0.494 e. The number of piperidine rings is 1. The van der Waals surface area contributed by atoms with E-state index in [0.717, 1.165) is 37.6 Å². The number of nitrogens with one attached hydrogen (secondary N) is 3. The first-order valence-electron chi connectivity index (χ1n) is 13.3. The molecule has 2 fully saturated rings. The van der Waals surface area contributed by atoms with Gasteiger partial charge in [0.15, 0.2) is 5.82 Å². The first-order valence-corrected chi connectivity index (χ1v) is 13.7. The van der Waals surface area contributed by atoms with Crippen molar-refractivity contribution in [2.45, 2.75) is 18.9 Å². The van der Waals surface area contributed by atoms with Crippen LogP contribution in [-0.4, -0.2) is 80.6 Å². The zero-order chi connectivity index (χ0) is 28.1. The lowest BCUT2D eigenvalue weighted by Gasteiger charge is -2.32. The summed E-state index contributed by atoms with van der Waals surface area (Å²) in [5.74, 6) is 1.08. The Bertz CT molecular complexity index is 1340. The van der Waals surface area contributed by atoms with Crippen molar-refractivity contribution >= 4 is 52.0 Å². The van der Waals surface area contributed by atoms with Gasteiger partial charge in [-0.1, -0.05) is 11.6 Å². The number of aromatic nitrogens is 2. The SMILES string of the molecule is CNC(=O)c1cc(N2CCC(O)CC2)ccc1Nc1nc(Nc2ccc(N3CCOCC3)cc2OC)ncc1Cl. The van der Waals surface area contributed by atoms with E-state index in [0.29, 0.717) is 65.5 Å². The van der Waals surface area contributed by atoms with E-state index in [1.54, 1.807) is 14.2 Å². The lowest BCUT2D eigenvalue weighted by Crippen LogP contribution is -2.36. The minimum atomic E-state index is -0.277. The molecule has 1 amide bonds. The zero-order valence-electron chi connectivity index (χ0n) is 22.6. The van der Waals surface area contributed by atoms with E-state index >= 15 is 0 Å². The summed E-state index contributed by atoms with van der Waals surface area (Å²) in [6.45, 7) is 4.50. The van der Waals surface area contributed by atoms with Gasteiger partial charge in [-0.15, -0.1) is 0 Å². The molecule has 0 atom stereocenters. The molecule has 11 nitrogen and oxygen atoms in total. The number of hydrogen-bond acceptors (Lipinski definition) is 10. The fraction of sp³-hybridized carbons (Fsp3) is 0.393. The smallest absolute Gasteiger partial charge is 0.253 e. The number of carbonyl (C=O) groups is 1. The Balaban J connectivity index is 1.37. The molecule has 0 unspecified atom stereocenters. The fourth-order valence-corrected chi connectivity index (χ4v) is 4.99. The summed E-state index contributed by atoms with van der Waals surface area (Å²) in [6, 6.07) is 11.5. The third kappa shape index (κ3) is 6.33. The molecule has 5 rings (SSSR count). The maximum absolute atomic E-state index is 12.8. The van der Waals surface area contributed by atoms with Crippen molar-refractivity contribution in [3.63, 3.8) is 0 Å². The van der Waals surface area contributed by atoms with Crippen molar-refractivity contribution in [3.05, 3.63) is 53.2 Å². The predicted molar refractivity (Wildman–Crippen MR) is 157 cm³/mol. The Morgan fingerprint density at radius 2 is 1.70 bits per heavy atom. The van der Waals surface area contributed by atoms with Crippen molar-refractivity contribution in [2.24, 2.45) is 0 Å². The number of methoxy groups -OCH3 is 1. The van der Waals surface area contributed by atoms with E-state index in [1.807, 2.05) is 36.4 Å². The quantitative estimate of drug-likeness (QED) is 0.319. The van der Waals surface area contributed by atoms with Crippen molar-refractivity contribution < 1.29 is 19.4 Å². The molecule has 40 heavy (non-hydrogen) atoms. The van der Waals surface area contributed by atoms with Crippen LogP contribution in [0.2, 0.25) is 5.02 Å². The van der Waals surface area contributed by atoms with Gasteiger partial charge in [-0.3, -0.25) is 4.79 Å². The normalized spacial score (nSPS) is 16.0. The Morgan fingerprint density at radius 1 is 1.02 bits per heavy atom. The number of morpholine rings is 1. The Morgan fingerprint density at radius 3 is 2.40 bits per heavy atom. The van der Waals surface area contributed by atoms with Gasteiger partial charge < -0.3 is 40.3 Å². The zero-order valence-corrected chi connectivity index (χ0v) is 23.4. The number of halogens is 1. The van der Waals surface area contributed by atoms with Gasteiger partial charge in [-0.05, 0) is 43.2 Å². The van der Waals surface area contributed by atoms with Crippen LogP contribution < -0.4 is 30.5 Å². The van der Waals surface area contributed by atoms with Crippen LogP contribution in [0.25, 0.3) is 0 Å². The van der Waals surface area contributed by atoms with Gasteiger partial charge in [0.05, 0.1) is 49.6 Å². The summed E-state index contributed by atoms with van der Waals surface area (Å²) in [4.78, 5) is 26.1. The second kappa shape index (κ2) is 12.6. The highest BCUT2D eigenvalue weighted by atomic mass is 35.5. The molecule has 0 saturated carbocycles. The fourth-order valence-electron chi connectivity index (χ4n) is 4.85. The summed E-state index contributed by atoms with van der Waals surface area (Å²) in [6.07, 6.45) is 2.62. The topological polar surface area (TPSA) is 124 Å². The molecule has 4 N–H and O–H groups in total. The first-order chi connectivity index (χ1) is 19.4. The molecular weight excluding hydrogens is 534 g/mol. The summed E-state index contributed by atoms with van der Waals surface area (Å²) < 4.78 is 11.1. The third-order valence-corrected chi connectivity index (χ3v) is 7.39. The largest absolute Gasteiger partial charge is 0.494 e. The number of rotatable bonds is 8. The van der Waals surface area contributed by atoms with Crippen LogP contribution in [0.4, 0.5) is 34.5 Å². The molecular formula is C28H34ClN7O4. The minimum absolute atomic E-state index is 0.241. The molecule has 3 heterocycles. The van der Waals surface area contributed by atoms with Crippen molar-refractivity contribution in [3.8, 4) is 5.75 Å². The van der Waals surface area contributed by atoms with Crippen LogP contribution in [0.3, 0.4) is 0 Å². The number of ether oxygens (including phenoxy) is 2. The Labute approximate surface area is 238 Å². The number of aliphatic hydroxyl groups is 1. The molecule has 12 heteroatoms. The number of hydrogen-bond donors (Lipinski definition) is 4. The maximum atomic E-state index is 12.8. The van der Waals surface area contributed by atoms with Gasteiger partial charge in [0, 0.05) is 50.7 Å². The highest BCUT2D eigenvalue weighted by Crippen LogP contribution is 2.34. The molecule has 212 valence electrons. The molecule has 2 aromatic carbocycles. The number of anilines is 6. The number of carbonyl (C=O) groups excluding carboxylic acids is 1. The van der Waals surface area contributed by atoms with Crippen LogP contribution in [0.5, 0.6) is 5.75 Å². The lowest BCUT2D eigenvalue weighted by molar-refractivity contribution is 0.0963. The van der Waals surface area contributed by atoms with E-state index < -0.39 is 0 Å². The van der Waals surface area contributed by atoms with Crippen molar-refractivity contribution in [1.82, 2.24) is 15.3 Å². The van der Waals surface area contributed by atoms with Crippen molar-refractivity contribution in [2.75, 3.05) is 74.0 Å². The standard InChI is InChI=1S/C28H34ClN7O4/c1-30-27(38)21-15-18(35-9-7-20(37)8-10-35)3-5-23(21)32-26-22(29)17-31-28(34-26)33-24-6-4-19(16-25(24)39-2)36-11-13-40-14-12-36/h3-6,15-17,20,37H,7-14H2,1-2H3,(H,30,38)(H2,31,32,33,34). The van der Waals surface area contributed by atoms with Crippen LogP contribution in [0.1, 0.15) is 23.2 Å². The van der Waals surface area contributed by atoms with E-state index in [2.05, 4.69) is 35.7 Å². The monoisotopic (exact) mass is 567 g/mol. The summed E-state index contributed by atoms with van der Waals surface area (Å²) in [5.41, 5.74) is 3.68. The van der Waals surface area contributed by atoms with Gasteiger partial charge >= 0.3 is 0 Å². The molecule has 1 aromatic heterocycles. The second-order valence-electron chi connectivity index (χ2n) is 9.65. The van der Waals surface area contributed by atoms with Gasteiger partial charge in [0.25, 0.3) is 5.91 Å². The molecule has 0 radical (unpaired) electrons. The third-order valence-electron chi connectivity index (χ3n) is 7.11. The van der Waals surface area contributed by atoms with Crippen LogP contribution >= 0.6 is 11.6 Å². The van der Waals surface area contributed by atoms with Gasteiger partial charge in [0.1, 0.15) is 10.8 Å². The number of amides is 1. The molecule has 2 aliphatic rings. The van der Waals surface area contributed by atoms with E-state index in [-0.39, 0.29) is 12.0 Å². The number of aliphatic hydroxyl groups excluding tert-OH is 1. The summed E-state index contributed by atoms with van der Waals surface area (Å²) >= 11 is 6.46. The van der Waals surface area contributed by atoms with Crippen LogP contribution in [0, 0.1) is 0 Å². The molecule has 2 aliphatic heterocycles. The maximum Gasteiger partial charge on any atom is 0.253 e. The van der Waals surface area contributed by atoms with Crippen molar-refractivity contribution in [1.29, 1.82) is 0 Å². The van der Waals surface area contributed by atoms with E-state index in [4.69, 9.17) is 21.1 Å². The van der Waals surface area contributed by atoms with Gasteiger partial charge in [0.2, 0.25) is 5.95 Å². The molecule has 0 bridgehead atoms. The molecule has 2 saturated heterocycles. The van der Waals surface area contributed by atoms with Crippen LogP contribution in [-0.2, 0) is 4.74 Å². The molecule has 0 spiro atoms. The first kappa shape index (κ1) is 27.8. The molecule has 3 aromatic rings. The van der Waals surface area contributed by atoms with E-state index in [1.165, 1.54) is 6.20 Å². The van der Waals surface area contributed by atoms with Gasteiger partial charge in [-0.2, -0.15) is 4.98 Å². The number of nitrogens with zero attached hydrogens (tertiary/aromatic N) is 4. The predicted octanol–water partition coefficient (Wildman–Crippen LogP) is 3.78. The second-order valence-corrected chi connectivity index (χ2v) is 10.1. The Kier molecular flexibility index (Phi) is 8.73. The average molecular weight is 568 g/mol. The lowest BCUT2D eigenvalue weighted by atomic mass is 10.1. The summed E-state index contributed by atoms with van der Waals surface area (Å²) in [5, 5.41) is 19.3. The average Bonchev–Trinajstić information content (AvgIpc) is 2.99. The van der Waals surface area contributed by atoms with E-state index in [9.17, 15) is 9.90 Å². The molecule has 0 aliphatic carbocycles. The highest BCUT2D eigenvalue weighted by Gasteiger charge is 2.21.